The smallest absolute Gasteiger partial charge is 0.259 e. The number of carbonyl (C=O) groups excluding carboxylic acids is 1. The number of hydrogen-bond donors (Lipinski definition) is 1. The second-order valence-electron chi connectivity index (χ2n) is 5.40. The van der Waals surface area contributed by atoms with E-state index < -0.39 is 0 Å². The Morgan fingerprint density at radius 2 is 1.95 bits per heavy atom. The summed E-state index contributed by atoms with van der Waals surface area (Å²) in [5.41, 5.74) is 0.935. The topological polar surface area (TPSA) is 55.1 Å². The third-order valence-electron chi connectivity index (χ3n) is 2.69. The molecule has 20 heavy (non-hydrogen) atoms. The number of halogens is 2. The number of nitrogens with one attached hydrogen (secondary N) is 1. The van der Waals surface area contributed by atoms with Gasteiger partial charge < -0.3 is 4.52 Å². The van der Waals surface area contributed by atoms with Crippen LogP contribution in [0, 0.1) is 0 Å². The van der Waals surface area contributed by atoms with E-state index in [2.05, 4.69) is 10.5 Å². The third-order valence-corrected chi connectivity index (χ3v) is 3.24. The van der Waals surface area contributed by atoms with Gasteiger partial charge in [-0.2, -0.15) is 0 Å². The average Bonchev–Trinajstić information content (AvgIpc) is 2.76. The lowest BCUT2D eigenvalue weighted by Gasteiger charge is -2.12. The average molecular weight is 313 g/mol. The summed E-state index contributed by atoms with van der Waals surface area (Å²) in [4.78, 5) is 12.1. The molecule has 0 fully saturated rings. The number of hydrogen-bond acceptors (Lipinski definition) is 3. The summed E-state index contributed by atoms with van der Waals surface area (Å²) >= 11 is 11.8. The Balaban J connectivity index is 2.17. The van der Waals surface area contributed by atoms with E-state index in [1.807, 2.05) is 20.8 Å². The van der Waals surface area contributed by atoms with Gasteiger partial charge in [0.25, 0.3) is 5.91 Å². The van der Waals surface area contributed by atoms with Gasteiger partial charge in [-0.3, -0.25) is 10.1 Å². The molecule has 0 aliphatic carbocycles. The highest BCUT2D eigenvalue weighted by atomic mass is 35.5. The van der Waals surface area contributed by atoms with E-state index in [0.717, 1.165) is 5.69 Å². The van der Waals surface area contributed by atoms with E-state index in [1.165, 1.54) is 6.07 Å². The molecular formula is C14H14Cl2N2O2. The van der Waals surface area contributed by atoms with Crippen LogP contribution in [-0.4, -0.2) is 11.1 Å². The maximum atomic E-state index is 12.1. The van der Waals surface area contributed by atoms with Crippen molar-refractivity contribution in [1.29, 1.82) is 0 Å². The predicted octanol–water partition coefficient (Wildman–Crippen LogP) is 4.53. The highest BCUT2D eigenvalue weighted by Gasteiger charge is 2.20. The first kappa shape index (κ1) is 14.9. The molecule has 106 valence electrons. The second-order valence-corrected chi connectivity index (χ2v) is 6.25. The normalized spacial score (nSPS) is 11.4. The van der Waals surface area contributed by atoms with Crippen LogP contribution in [0.3, 0.4) is 0 Å². The predicted molar refractivity (Wildman–Crippen MR) is 79.6 cm³/mol. The van der Waals surface area contributed by atoms with Crippen LogP contribution in [0.2, 0.25) is 10.0 Å². The molecule has 4 nitrogen and oxygen atoms in total. The van der Waals surface area contributed by atoms with E-state index in [-0.39, 0.29) is 22.2 Å². The van der Waals surface area contributed by atoms with Crippen molar-refractivity contribution in [2.24, 2.45) is 0 Å². The monoisotopic (exact) mass is 312 g/mol. The van der Waals surface area contributed by atoms with Crippen molar-refractivity contribution in [3.63, 3.8) is 0 Å². The van der Waals surface area contributed by atoms with Crippen molar-refractivity contribution in [2.45, 2.75) is 26.2 Å². The highest BCUT2D eigenvalue weighted by Crippen LogP contribution is 2.25. The van der Waals surface area contributed by atoms with Crippen LogP contribution < -0.4 is 5.32 Å². The van der Waals surface area contributed by atoms with E-state index >= 15 is 0 Å². The number of carbonyl (C=O) groups is 1. The fourth-order valence-electron chi connectivity index (χ4n) is 1.54. The quantitative estimate of drug-likeness (QED) is 0.886. The molecule has 6 heteroatoms. The Bertz CT molecular complexity index is 645. The van der Waals surface area contributed by atoms with Crippen molar-refractivity contribution in [2.75, 3.05) is 5.32 Å². The lowest BCUT2D eigenvalue weighted by Crippen LogP contribution is -2.12. The second kappa shape index (κ2) is 5.46. The molecule has 1 aromatic carbocycles. The molecule has 1 N–H and O–H groups in total. The molecule has 0 atom stereocenters. The summed E-state index contributed by atoms with van der Waals surface area (Å²) in [6.07, 6.45) is 0. The SMILES string of the molecule is CC(C)(C)c1cc(NC(=O)c2ccc(Cl)cc2Cl)on1. The van der Waals surface area contributed by atoms with Crippen LogP contribution in [0.15, 0.2) is 28.8 Å². The zero-order chi connectivity index (χ0) is 14.9. The molecule has 1 aromatic heterocycles. The van der Waals surface area contributed by atoms with Gasteiger partial charge >= 0.3 is 0 Å². The van der Waals surface area contributed by atoms with E-state index in [9.17, 15) is 4.79 Å². The summed E-state index contributed by atoms with van der Waals surface area (Å²) < 4.78 is 5.10. The van der Waals surface area contributed by atoms with Gasteiger partial charge in [-0.05, 0) is 18.2 Å². The number of benzene rings is 1. The van der Waals surface area contributed by atoms with Gasteiger partial charge in [0.1, 0.15) is 0 Å². The Morgan fingerprint density at radius 1 is 1.25 bits per heavy atom. The zero-order valence-electron chi connectivity index (χ0n) is 11.3. The molecule has 2 aromatic rings. The number of nitrogens with zero attached hydrogens (tertiary/aromatic N) is 1. The van der Waals surface area contributed by atoms with E-state index in [0.29, 0.717) is 10.6 Å². The summed E-state index contributed by atoms with van der Waals surface area (Å²) in [5, 5.41) is 7.30. The van der Waals surface area contributed by atoms with Crippen molar-refractivity contribution < 1.29 is 9.32 Å². The van der Waals surface area contributed by atoms with E-state index in [4.69, 9.17) is 27.7 Å². The summed E-state index contributed by atoms with van der Waals surface area (Å²) in [6, 6.07) is 6.37. The number of amides is 1. The zero-order valence-corrected chi connectivity index (χ0v) is 12.8. The van der Waals surface area contributed by atoms with Crippen LogP contribution in [0.1, 0.15) is 36.8 Å². The van der Waals surface area contributed by atoms with Gasteiger partial charge in [0.2, 0.25) is 5.88 Å². The van der Waals surface area contributed by atoms with Crippen molar-refractivity contribution in [3.8, 4) is 0 Å². The Labute approximate surface area is 127 Å². The van der Waals surface area contributed by atoms with Crippen LogP contribution in [0.25, 0.3) is 0 Å². The largest absolute Gasteiger partial charge is 0.338 e. The number of aromatic nitrogens is 1. The van der Waals surface area contributed by atoms with Crippen molar-refractivity contribution in [1.82, 2.24) is 5.16 Å². The maximum Gasteiger partial charge on any atom is 0.259 e. The fraction of sp³-hybridized carbons (Fsp3) is 0.286. The van der Waals surface area contributed by atoms with Gasteiger partial charge in [-0.15, -0.1) is 0 Å². The molecule has 0 saturated heterocycles. The Kier molecular flexibility index (Phi) is 4.06. The van der Waals surface area contributed by atoms with Crippen LogP contribution in [-0.2, 0) is 5.41 Å². The molecule has 0 spiro atoms. The minimum Gasteiger partial charge on any atom is -0.338 e. The molecule has 1 amide bonds. The van der Waals surface area contributed by atoms with Crippen molar-refractivity contribution in [3.05, 3.63) is 45.6 Å². The maximum absolute atomic E-state index is 12.1. The lowest BCUT2D eigenvalue weighted by molar-refractivity contribution is 0.102. The molecule has 0 radical (unpaired) electrons. The first-order valence-corrected chi connectivity index (χ1v) is 6.76. The highest BCUT2D eigenvalue weighted by molar-refractivity contribution is 6.37. The first-order valence-electron chi connectivity index (χ1n) is 6.01. The van der Waals surface area contributed by atoms with Gasteiger partial charge in [0, 0.05) is 16.5 Å². The summed E-state index contributed by atoms with van der Waals surface area (Å²) in [6.45, 7) is 6.02. The van der Waals surface area contributed by atoms with Gasteiger partial charge in [0.15, 0.2) is 0 Å². The van der Waals surface area contributed by atoms with Crippen LogP contribution in [0.4, 0.5) is 5.88 Å². The Hall–Kier alpha value is -1.52. The van der Waals surface area contributed by atoms with Crippen molar-refractivity contribution >= 4 is 35.0 Å². The molecule has 0 aliphatic rings. The third kappa shape index (κ3) is 3.32. The fourth-order valence-corrected chi connectivity index (χ4v) is 2.03. The van der Waals surface area contributed by atoms with Crippen LogP contribution in [0.5, 0.6) is 0 Å². The minimum atomic E-state index is -0.372. The molecule has 2 rings (SSSR count). The van der Waals surface area contributed by atoms with Gasteiger partial charge in [0.05, 0.1) is 16.3 Å². The lowest BCUT2D eigenvalue weighted by atomic mass is 9.92. The molecule has 0 unspecified atom stereocenters. The molecule has 0 bridgehead atoms. The standard InChI is InChI=1S/C14H14Cl2N2O2/c1-14(2,3)11-7-12(20-18-11)17-13(19)9-5-4-8(15)6-10(9)16/h4-7H,1-3H3,(H,17,19). The number of rotatable bonds is 2. The van der Waals surface area contributed by atoms with Crippen LogP contribution >= 0.6 is 23.2 Å². The van der Waals surface area contributed by atoms with Gasteiger partial charge in [-0.1, -0.05) is 49.1 Å². The summed E-state index contributed by atoms with van der Waals surface area (Å²) in [7, 11) is 0. The Morgan fingerprint density at radius 3 is 2.50 bits per heavy atom. The van der Waals surface area contributed by atoms with E-state index in [1.54, 1.807) is 18.2 Å². The number of anilines is 1. The molecule has 0 saturated carbocycles. The molecule has 1 heterocycles. The first-order chi connectivity index (χ1) is 9.27. The molecular weight excluding hydrogens is 299 g/mol. The molecule has 0 aliphatic heterocycles. The van der Waals surface area contributed by atoms with Gasteiger partial charge in [-0.25, -0.2) is 0 Å². The minimum absolute atomic E-state index is 0.148. The summed E-state index contributed by atoms with van der Waals surface area (Å²) in [5.74, 6) is -0.0887.